The van der Waals surface area contributed by atoms with Gasteiger partial charge in [0.2, 0.25) is 0 Å². The molecule has 0 aliphatic carbocycles. The molecule has 0 unspecified atom stereocenters. The fraction of sp³-hybridized carbons (Fsp3) is 0.111. The minimum absolute atomic E-state index is 0.303. The van der Waals surface area contributed by atoms with Crippen molar-refractivity contribution >= 4 is 17.5 Å². The van der Waals surface area contributed by atoms with E-state index in [9.17, 15) is 4.79 Å². The number of carbonyl (C=O) groups is 1. The molecular formula is C18H17N5O2. The fourth-order valence-corrected chi connectivity index (χ4v) is 2.20. The number of hydrogen-bond donors (Lipinski definition) is 2. The van der Waals surface area contributed by atoms with E-state index in [1.54, 1.807) is 48.8 Å². The minimum Gasteiger partial charge on any atom is -0.496 e. The van der Waals surface area contributed by atoms with E-state index in [1.165, 1.54) is 7.11 Å². The van der Waals surface area contributed by atoms with Crippen molar-refractivity contribution in [1.29, 1.82) is 0 Å². The molecule has 1 amide bonds. The SMILES string of the molecule is COc1ccccc1C(=O)Nc1ccc(NCc2cccnc2)nn1. The summed E-state index contributed by atoms with van der Waals surface area (Å²) in [5, 5.41) is 13.9. The van der Waals surface area contributed by atoms with Crippen molar-refractivity contribution in [2.24, 2.45) is 0 Å². The Balaban J connectivity index is 1.61. The van der Waals surface area contributed by atoms with Gasteiger partial charge in [-0.25, -0.2) is 0 Å². The molecule has 0 radical (unpaired) electrons. The average Bonchev–Trinajstić information content (AvgIpc) is 2.68. The Kier molecular flexibility index (Phi) is 5.16. The van der Waals surface area contributed by atoms with Gasteiger partial charge in [0.25, 0.3) is 5.91 Å². The molecule has 7 heteroatoms. The van der Waals surface area contributed by atoms with Crippen molar-refractivity contribution in [3.63, 3.8) is 0 Å². The number of rotatable bonds is 6. The number of aromatic nitrogens is 3. The molecule has 0 saturated carbocycles. The number of methoxy groups -OCH3 is 1. The summed E-state index contributed by atoms with van der Waals surface area (Å²) in [6, 6.07) is 14.3. The number of pyridine rings is 1. The van der Waals surface area contributed by atoms with E-state index in [4.69, 9.17) is 4.74 Å². The van der Waals surface area contributed by atoms with Crippen LogP contribution in [0.1, 0.15) is 15.9 Å². The number of anilines is 2. The highest BCUT2D eigenvalue weighted by molar-refractivity contribution is 6.05. The average molecular weight is 335 g/mol. The number of ether oxygens (including phenoxy) is 1. The van der Waals surface area contributed by atoms with Crippen molar-refractivity contribution in [1.82, 2.24) is 15.2 Å². The molecule has 2 heterocycles. The van der Waals surface area contributed by atoms with Gasteiger partial charge in [-0.15, -0.1) is 10.2 Å². The molecule has 7 nitrogen and oxygen atoms in total. The molecule has 0 saturated heterocycles. The Morgan fingerprint density at radius 3 is 2.56 bits per heavy atom. The van der Waals surface area contributed by atoms with Crippen LogP contribution in [-0.4, -0.2) is 28.2 Å². The Morgan fingerprint density at radius 1 is 1.04 bits per heavy atom. The third-order valence-electron chi connectivity index (χ3n) is 3.45. The van der Waals surface area contributed by atoms with E-state index in [0.717, 1.165) is 5.56 Å². The second kappa shape index (κ2) is 7.87. The lowest BCUT2D eigenvalue weighted by atomic mass is 10.2. The van der Waals surface area contributed by atoms with Crippen molar-refractivity contribution < 1.29 is 9.53 Å². The van der Waals surface area contributed by atoms with Gasteiger partial charge in [-0.1, -0.05) is 18.2 Å². The van der Waals surface area contributed by atoms with Crippen LogP contribution in [0.2, 0.25) is 0 Å². The third kappa shape index (κ3) is 4.29. The third-order valence-corrected chi connectivity index (χ3v) is 3.45. The first-order valence-corrected chi connectivity index (χ1v) is 7.67. The van der Waals surface area contributed by atoms with Gasteiger partial charge in [-0.3, -0.25) is 9.78 Å². The highest BCUT2D eigenvalue weighted by Gasteiger charge is 2.12. The first kappa shape index (κ1) is 16.4. The topological polar surface area (TPSA) is 89.0 Å². The Labute approximate surface area is 145 Å². The monoisotopic (exact) mass is 335 g/mol. The molecule has 0 spiro atoms. The molecule has 2 N–H and O–H groups in total. The maximum atomic E-state index is 12.3. The standard InChI is InChI=1S/C18H17N5O2/c1-25-15-7-3-2-6-14(15)18(24)21-17-9-8-16(22-23-17)20-12-13-5-4-10-19-11-13/h2-11H,12H2,1H3,(H,20,22)(H,21,23,24). The normalized spacial score (nSPS) is 10.1. The molecule has 0 aliphatic heterocycles. The summed E-state index contributed by atoms with van der Waals surface area (Å²) in [7, 11) is 1.52. The Morgan fingerprint density at radius 2 is 1.84 bits per heavy atom. The molecule has 2 aromatic heterocycles. The number of hydrogen-bond acceptors (Lipinski definition) is 6. The molecule has 1 aromatic carbocycles. The summed E-state index contributed by atoms with van der Waals surface area (Å²) in [6.07, 6.45) is 3.50. The lowest BCUT2D eigenvalue weighted by Crippen LogP contribution is -2.14. The molecular weight excluding hydrogens is 318 g/mol. The fourth-order valence-electron chi connectivity index (χ4n) is 2.20. The van der Waals surface area contributed by atoms with Crippen LogP contribution in [0.4, 0.5) is 11.6 Å². The van der Waals surface area contributed by atoms with Crippen molar-refractivity contribution in [2.45, 2.75) is 6.54 Å². The van der Waals surface area contributed by atoms with Crippen molar-refractivity contribution in [2.75, 3.05) is 17.7 Å². The van der Waals surface area contributed by atoms with Crippen LogP contribution in [0.25, 0.3) is 0 Å². The van der Waals surface area contributed by atoms with Gasteiger partial charge in [-0.2, -0.15) is 0 Å². The van der Waals surface area contributed by atoms with Gasteiger partial charge in [0, 0.05) is 18.9 Å². The van der Waals surface area contributed by atoms with Gasteiger partial charge in [0.05, 0.1) is 12.7 Å². The lowest BCUT2D eigenvalue weighted by molar-refractivity contribution is 0.102. The Hall–Kier alpha value is -3.48. The molecule has 25 heavy (non-hydrogen) atoms. The summed E-state index contributed by atoms with van der Waals surface area (Å²) >= 11 is 0. The molecule has 0 atom stereocenters. The number of para-hydroxylation sites is 1. The van der Waals surface area contributed by atoms with Gasteiger partial charge in [0.1, 0.15) is 11.6 Å². The van der Waals surface area contributed by atoms with Gasteiger partial charge >= 0.3 is 0 Å². The number of benzene rings is 1. The van der Waals surface area contributed by atoms with Crippen LogP contribution in [0, 0.1) is 0 Å². The van der Waals surface area contributed by atoms with Crippen LogP contribution in [0.3, 0.4) is 0 Å². The van der Waals surface area contributed by atoms with E-state index >= 15 is 0 Å². The van der Waals surface area contributed by atoms with Gasteiger partial charge < -0.3 is 15.4 Å². The predicted molar refractivity (Wildman–Crippen MR) is 94.5 cm³/mol. The molecule has 126 valence electrons. The minimum atomic E-state index is -0.303. The molecule has 0 fully saturated rings. The van der Waals surface area contributed by atoms with Crippen molar-refractivity contribution in [3.05, 3.63) is 72.1 Å². The maximum Gasteiger partial charge on any atom is 0.260 e. The predicted octanol–water partition coefficient (Wildman–Crippen LogP) is 2.74. The number of amides is 1. The summed E-state index contributed by atoms with van der Waals surface area (Å²) in [4.78, 5) is 16.4. The highest BCUT2D eigenvalue weighted by Crippen LogP contribution is 2.18. The van der Waals surface area contributed by atoms with Crippen LogP contribution in [0.5, 0.6) is 5.75 Å². The quantitative estimate of drug-likeness (QED) is 0.720. The molecule has 0 aliphatic rings. The Bertz CT molecular complexity index is 838. The summed E-state index contributed by atoms with van der Waals surface area (Å²) in [6.45, 7) is 0.593. The van der Waals surface area contributed by atoms with E-state index in [2.05, 4.69) is 25.8 Å². The summed E-state index contributed by atoms with van der Waals surface area (Å²) in [5.41, 5.74) is 1.48. The molecule has 3 rings (SSSR count). The smallest absolute Gasteiger partial charge is 0.260 e. The van der Waals surface area contributed by atoms with Crippen LogP contribution in [-0.2, 0) is 6.54 Å². The zero-order valence-corrected chi connectivity index (χ0v) is 13.6. The maximum absolute atomic E-state index is 12.3. The van der Waals surface area contributed by atoms with E-state index in [-0.39, 0.29) is 5.91 Å². The van der Waals surface area contributed by atoms with Gasteiger partial charge in [0.15, 0.2) is 5.82 Å². The first-order valence-electron chi connectivity index (χ1n) is 7.67. The number of nitrogens with zero attached hydrogens (tertiary/aromatic N) is 3. The second-order valence-corrected chi connectivity index (χ2v) is 5.17. The highest BCUT2D eigenvalue weighted by atomic mass is 16.5. The summed E-state index contributed by atoms with van der Waals surface area (Å²) < 4.78 is 5.19. The molecule has 3 aromatic rings. The van der Waals surface area contributed by atoms with Crippen molar-refractivity contribution in [3.8, 4) is 5.75 Å². The largest absolute Gasteiger partial charge is 0.496 e. The zero-order valence-electron chi connectivity index (χ0n) is 13.6. The number of carbonyl (C=O) groups excluding carboxylic acids is 1. The summed E-state index contributed by atoms with van der Waals surface area (Å²) in [5.74, 6) is 1.17. The zero-order chi connectivity index (χ0) is 17.5. The first-order chi connectivity index (χ1) is 12.3. The van der Waals surface area contributed by atoms with E-state index in [0.29, 0.717) is 29.5 Å². The van der Waals surface area contributed by atoms with Crippen LogP contribution >= 0.6 is 0 Å². The van der Waals surface area contributed by atoms with Gasteiger partial charge in [-0.05, 0) is 35.9 Å². The second-order valence-electron chi connectivity index (χ2n) is 5.17. The van der Waals surface area contributed by atoms with Crippen LogP contribution < -0.4 is 15.4 Å². The van der Waals surface area contributed by atoms with E-state index in [1.807, 2.05) is 12.1 Å². The lowest BCUT2D eigenvalue weighted by Gasteiger charge is -2.09. The molecule has 0 bridgehead atoms. The van der Waals surface area contributed by atoms with E-state index < -0.39 is 0 Å². The number of nitrogens with one attached hydrogen (secondary N) is 2. The van der Waals surface area contributed by atoms with Crippen LogP contribution in [0.15, 0.2) is 60.9 Å².